The minimum Gasteiger partial charge on any atom is -0.465 e. The topological polar surface area (TPSA) is 104 Å². The molecule has 2 aromatic carbocycles. The van der Waals surface area contributed by atoms with Crippen LogP contribution in [0.5, 0.6) is 0 Å². The van der Waals surface area contributed by atoms with E-state index < -0.39 is 22.6 Å². The molecule has 1 heterocycles. The van der Waals surface area contributed by atoms with Gasteiger partial charge in [0.05, 0.1) is 21.7 Å². The summed E-state index contributed by atoms with van der Waals surface area (Å²) in [7, 11) is 0. The molecule has 0 N–H and O–H groups in total. The van der Waals surface area contributed by atoms with Gasteiger partial charge < -0.3 is 9.30 Å². The molecule has 0 fully saturated rings. The van der Waals surface area contributed by atoms with E-state index in [0.29, 0.717) is 10.2 Å². The van der Waals surface area contributed by atoms with Crippen molar-refractivity contribution in [3.63, 3.8) is 0 Å². The number of carbonyl (C=O) groups is 2. The maximum absolute atomic E-state index is 13.5. The normalized spacial score (nSPS) is 11.6. The van der Waals surface area contributed by atoms with Gasteiger partial charge in [-0.25, -0.2) is 4.39 Å². The average molecular weight is 403 g/mol. The molecule has 3 aromatic rings. The first-order chi connectivity index (χ1) is 13.4. The summed E-state index contributed by atoms with van der Waals surface area (Å²) in [6.45, 7) is 1.68. The van der Waals surface area contributed by atoms with Gasteiger partial charge >= 0.3 is 5.97 Å². The molecule has 0 aliphatic rings. The molecule has 0 radical (unpaired) electrons. The average Bonchev–Trinajstić information content (AvgIpc) is 2.98. The van der Waals surface area contributed by atoms with E-state index in [9.17, 15) is 24.1 Å². The third-order valence-corrected chi connectivity index (χ3v) is 4.80. The van der Waals surface area contributed by atoms with E-state index in [1.807, 2.05) is 0 Å². The zero-order chi connectivity index (χ0) is 20.3. The van der Waals surface area contributed by atoms with Crippen LogP contribution >= 0.6 is 11.3 Å². The third-order valence-electron chi connectivity index (χ3n) is 3.76. The summed E-state index contributed by atoms with van der Waals surface area (Å²) in [5, 5.41) is 10.7. The van der Waals surface area contributed by atoms with Crippen LogP contribution in [0, 0.1) is 15.9 Å². The van der Waals surface area contributed by atoms with Crippen LogP contribution < -0.4 is 4.80 Å². The summed E-state index contributed by atoms with van der Waals surface area (Å²) in [6, 6.07) is 9.04. The van der Waals surface area contributed by atoms with Gasteiger partial charge in [-0.3, -0.25) is 19.7 Å². The molecule has 0 unspecified atom stereocenters. The molecular formula is C18H14FN3O5S. The first kappa shape index (κ1) is 19.4. The molecule has 0 bridgehead atoms. The molecule has 0 aliphatic heterocycles. The van der Waals surface area contributed by atoms with Crippen molar-refractivity contribution in [1.82, 2.24) is 4.57 Å². The zero-order valence-corrected chi connectivity index (χ0v) is 15.4. The number of esters is 1. The van der Waals surface area contributed by atoms with Crippen molar-refractivity contribution in [1.29, 1.82) is 0 Å². The molecule has 28 heavy (non-hydrogen) atoms. The first-order valence-electron chi connectivity index (χ1n) is 8.17. The van der Waals surface area contributed by atoms with Crippen molar-refractivity contribution in [3.8, 4) is 0 Å². The second-order valence-corrected chi connectivity index (χ2v) is 6.62. The molecule has 0 aliphatic carbocycles. The number of thiazole rings is 1. The molecular weight excluding hydrogens is 389 g/mol. The number of nitro groups is 1. The van der Waals surface area contributed by atoms with Gasteiger partial charge in [-0.1, -0.05) is 11.3 Å². The summed E-state index contributed by atoms with van der Waals surface area (Å²) in [6.07, 6.45) is 0. The molecule has 144 valence electrons. The van der Waals surface area contributed by atoms with E-state index in [-0.39, 0.29) is 29.2 Å². The smallest absolute Gasteiger partial charge is 0.326 e. The van der Waals surface area contributed by atoms with Crippen LogP contribution in [0.4, 0.5) is 10.1 Å². The molecule has 10 heteroatoms. The van der Waals surface area contributed by atoms with Gasteiger partial charge in [-0.2, -0.15) is 4.99 Å². The van der Waals surface area contributed by atoms with Crippen LogP contribution in [0.1, 0.15) is 17.3 Å². The fourth-order valence-electron chi connectivity index (χ4n) is 2.50. The number of nitro benzene ring substituents is 1. The Labute approximate surface area is 161 Å². The number of nitrogens with zero attached hydrogens (tertiary/aromatic N) is 3. The standard InChI is InChI=1S/C18H14FN3O5S/c1-2-27-16(23)10-21-14-8-5-12(19)9-15(14)28-18(21)20-17(24)11-3-6-13(7-4-11)22(25)26/h3-9H,2,10H2,1H3. The van der Waals surface area contributed by atoms with Crippen molar-refractivity contribution in [2.75, 3.05) is 6.61 Å². The largest absolute Gasteiger partial charge is 0.465 e. The first-order valence-corrected chi connectivity index (χ1v) is 8.98. The molecule has 8 nitrogen and oxygen atoms in total. The Hall–Kier alpha value is -3.40. The number of fused-ring (bicyclic) bond motifs is 1. The highest BCUT2D eigenvalue weighted by Crippen LogP contribution is 2.19. The van der Waals surface area contributed by atoms with Gasteiger partial charge in [0.15, 0.2) is 4.80 Å². The SMILES string of the molecule is CCOC(=O)Cn1c(=NC(=O)c2ccc([N+](=O)[O-])cc2)sc2cc(F)ccc21. The van der Waals surface area contributed by atoms with Crippen molar-refractivity contribution < 1.29 is 23.6 Å². The van der Waals surface area contributed by atoms with E-state index in [2.05, 4.69) is 4.99 Å². The van der Waals surface area contributed by atoms with Crippen LogP contribution in [-0.2, 0) is 16.1 Å². The Morgan fingerprint density at radius 2 is 1.96 bits per heavy atom. The predicted octanol–water partition coefficient (Wildman–Crippen LogP) is 3.05. The fraction of sp³-hybridized carbons (Fsp3) is 0.167. The van der Waals surface area contributed by atoms with Gasteiger partial charge in [-0.15, -0.1) is 0 Å². The van der Waals surface area contributed by atoms with Crippen LogP contribution in [0.25, 0.3) is 10.2 Å². The number of aromatic nitrogens is 1. The third kappa shape index (κ3) is 4.12. The summed E-state index contributed by atoms with van der Waals surface area (Å²) < 4.78 is 20.5. The highest BCUT2D eigenvalue weighted by molar-refractivity contribution is 7.16. The lowest BCUT2D eigenvalue weighted by atomic mass is 10.2. The van der Waals surface area contributed by atoms with Crippen LogP contribution in [-0.4, -0.2) is 28.0 Å². The van der Waals surface area contributed by atoms with E-state index in [1.165, 1.54) is 47.0 Å². The highest BCUT2D eigenvalue weighted by atomic mass is 32.1. The summed E-state index contributed by atoms with van der Waals surface area (Å²) in [4.78, 5) is 38.8. The lowest BCUT2D eigenvalue weighted by molar-refractivity contribution is -0.384. The van der Waals surface area contributed by atoms with Crippen LogP contribution in [0.2, 0.25) is 0 Å². The number of hydrogen-bond donors (Lipinski definition) is 0. The minimum atomic E-state index is -0.639. The number of halogens is 1. The maximum atomic E-state index is 13.5. The number of ether oxygens (including phenoxy) is 1. The predicted molar refractivity (Wildman–Crippen MR) is 99.4 cm³/mol. The Bertz CT molecular complexity index is 1130. The van der Waals surface area contributed by atoms with Crippen molar-refractivity contribution in [3.05, 3.63) is 68.8 Å². The zero-order valence-electron chi connectivity index (χ0n) is 14.6. The maximum Gasteiger partial charge on any atom is 0.326 e. The monoisotopic (exact) mass is 403 g/mol. The van der Waals surface area contributed by atoms with E-state index in [0.717, 1.165) is 11.3 Å². The number of carbonyl (C=O) groups excluding carboxylic acids is 2. The molecule has 0 atom stereocenters. The Kier molecular flexibility index (Phi) is 5.59. The van der Waals surface area contributed by atoms with E-state index >= 15 is 0 Å². The van der Waals surface area contributed by atoms with Crippen molar-refractivity contribution >= 4 is 39.1 Å². The number of hydrogen-bond acceptors (Lipinski definition) is 6. The lowest BCUT2D eigenvalue weighted by Gasteiger charge is -2.05. The van der Waals surface area contributed by atoms with Crippen molar-refractivity contribution in [2.45, 2.75) is 13.5 Å². The summed E-state index contributed by atoms with van der Waals surface area (Å²) in [5.41, 5.74) is 0.540. The molecule has 0 saturated carbocycles. The second kappa shape index (κ2) is 8.09. The van der Waals surface area contributed by atoms with Gasteiger partial charge in [-0.05, 0) is 37.3 Å². The quantitative estimate of drug-likeness (QED) is 0.370. The number of rotatable bonds is 5. The fourth-order valence-corrected chi connectivity index (χ4v) is 3.55. The number of non-ortho nitro benzene ring substituents is 1. The van der Waals surface area contributed by atoms with Gasteiger partial charge in [0.1, 0.15) is 12.4 Å². The van der Waals surface area contributed by atoms with E-state index in [1.54, 1.807) is 6.92 Å². The number of benzene rings is 2. The Morgan fingerprint density at radius 1 is 1.25 bits per heavy atom. The molecule has 1 amide bonds. The molecule has 0 saturated heterocycles. The summed E-state index contributed by atoms with van der Waals surface area (Å²) >= 11 is 1.05. The van der Waals surface area contributed by atoms with Gasteiger partial charge in [0.25, 0.3) is 11.6 Å². The lowest BCUT2D eigenvalue weighted by Crippen LogP contribution is -2.23. The molecule has 3 rings (SSSR count). The number of amides is 1. The molecule has 1 aromatic heterocycles. The van der Waals surface area contributed by atoms with Crippen LogP contribution in [0.3, 0.4) is 0 Å². The summed E-state index contributed by atoms with van der Waals surface area (Å²) in [5.74, 6) is -1.61. The minimum absolute atomic E-state index is 0.147. The second-order valence-electron chi connectivity index (χ2n) is 5.61. The highest BCUT2D eigenvalue weighted by Gasteiger charge is 2.14. The van der Waals surface area contributed by atoms with Crippen molar-refractivity contribution in [2.24, 2.45) is 4.99 Å². The van der Waals surface area contributed by atoms with Gasteiger partial charge in [0.2, 0.25) is 0 Å². The van der Waals surface area contributed by atoms with Gasteiger partial charge in [0, 0.05) is 17.7 Å². The molecule has 0 spiro atoms. The van der Waals surface area contributed by atoms with E-state index in [4.69, 9.17) is 4.74 Å². The van der Waals surface area contributed by atoms with Crippen LogP contribution in [0.15, 0.2) is 47.5 Å². The Morgan fingerprint density at radius 3 is 2.61 bits per heavy atom. The Balaban J connectivity index is 2.05.